The molecule has 7 atom stereocenters. The Balaban J connectivity index is 1.24. The standard InChI is InChI=1S/C27H33F3N4O/c1-25-10-8-19-17(5-7-21-26(19,2)11-9-23(35)34(21)3)18(25)6-4-15(25)13-22-32-20-12-16(27(28,29)30)14-31-24(20)33-22/h9,11-12,14-15,17-19,21H,4-8,10,13H2,1-3H3,(H,31,32,33)/t15?,17-,18-,19+,21?,25+,26+/m0/s1. The van der Waals surface area contributed by atoms with Crippen LogP contribution in [0.15, 0.2) is 24.4 Å². The van der Waals surface area contributed by atoms with E-state index in [2.05, 4.69) is 34.9 Å². The molecule has 0 saturated heterocycles. The van der Waals surface area contributed by atoms with Gasteiger partial charge in [0.15, 0.2) is 5.65 Å². The minimum absolute atomic E-state index is 0.0333. The molecule has 0 aromatic carbocycles. The van der Waals surface area contributed by atoms with E-state index < -0.39 is 11.7 Å². The molecule has 1 amide bonds. The molecular formula is C27H33F3N4O. The highest BCUT2D eigenvalue weighted by atomic mass is 19.4. The Kier molecular flexibility index (Phi) is 4.98. The van der Waals surface area contributed by atoms with Crippen molar-refractivity contribution in [3.63, 3.8) is 0 Å². The minimum atomic E-state index is -4.41. The van der Waals surface area contributed by atoms with Crippen molar-refractivity contribution < 1.29 is 18.0 Å². The topological polar surface area (TPSA) is 61.9 Å². The number of hydrogen-bond donors (Lipinski definition) is 1. The van der Waals surface area contributed by atoms with Crippen LogP contribution in [-0.4, -0.2) is 38.8 Å². The number of amides is 1. The number of nitrogens with zero attached hydrogens (tertiary/aromatic N) is 3. The van der Waals surface area contributed by atoms with Gasteiger partial charge in [-0.05, 0) is 79.8 Å². The number of aromatic nitrogens is 3. The molecular weight excluding hydrogens is 453 g/mol. The lowest BCUT2D eigenvalue weighted by Gasteiger charge is -2.60. The van der Waals surface area contributed by atoms with Crippen molar-refractivity contribution in [2.75, 3.05) is 7.05 Å². The van der Waals surface area contributed by atoms with Gasteiger partial charge in [-0.15, -0.1) is 0 Å². The number of alkyl halides is 3. The van der Waals surface area contributed by atoms with E-state index >= 15 is 0 Å². The Bertz CT molecular complexity index is 1200. The summed E-state index contributed by atoms with van der Waals surface area (Å²) in [6, 6.07) is 1.40. The van der Waals surface area contributed by atoms with Crippen molar-refractivity contribution in [3.05, 3.63) is 35.8 Å². The molecule has 3 aliphatic carbocycles. The number of carbonyl (C=O) groups is 1. The van der Waals surface area contributed by atoms with E-state index in [-0.39, 0.29) is 22.8 Å². The van der Waals surface area contributed by atoms with E-state index in [1.807, 2.05) is 11.9 Å². The van der Waals surface area contributed by atoms with Gasteiger partial charge in [0.1, 0.15) is 5.82 Å². The van der Waals surface area contributed by atoms with Crippen LogP contribution in [0.3, 0.4) is 0 Å². The van der Waals surface area contributed by atoms with Crippen molar-refractivity contribution >= 4 is 17.1 Å². The van der Waals surface area contributed by atoms with Crippen LogP contribution in [0.1, 0.15) is 63.8 Å². The summed E-state index contributed by atoms with van der Waals surface area (Å²) in [6.07, 6.45) is 8.03. The summed E-state index contributed by atoms with van der Waals surface area (Å²) in [5.41, 5.74) is 0.191. The summed E-state index contributed by atoms with van der Waals surface area (Å²) in [7, 11) is 1.95. The van der Waals surface area contributed by atoms with Crippen molar-refractivity contribution in [2.24, 2.45) is 34.5 Å². The van der Waals surface area contributed by atoms with Gasteiger partial charge in [-0.1, -0.05) is 19.9 Å². The highest BCUT2D eigenvalue weighted by Crippen LogP contribution is 2.65. The van der Waals surface area contributed by atoms with E-state index in [9.17, 15) is 18.0 Å². The average Bonchev–Trinajstić information content (AvgIpc) is 3.36. The summed E-state index contributed by atoms with van der Waals surface area (Å²) in [5, 5.41) is 0. The number of carbonyl (C=O) groups excluding carboxylic acids is 1. The molecule has 3 saturated carbocycles. The Morgan fingerprint density at radius 3 is 2.71 bits per heavy atom. The first-order chi connectivity index (χ1) is 16.5. The van der Waals surface area contributed by atoms with Crippen molar-refractivity contribution in [2.45, 2.75) is 71.0 Å². The van der Waals surface area contributed by atoms with E-state index in [0.29, 0.717) is 34.8 Å². The number of nitrogens with one attached hydrogen (secondary N) is 1. The van der Waals surface area contributed by atoms with Gasteiger partial charge in [0.2, 0.25) is 5.91 Å². The van der Waals surface area contributed by atoms with E-state index in [4.69, 9.17) is 0 Å². The second-order valence-electron chi connectivity index (χ2n) is 11.9. The molecule has 0 spiro atoms. The number of pyridine rings is 1. The smallest absolute Gasteiger partial charge is 0.341 e. The zero-order valence-corrected chi connectivity index (χ0v) is 20.5. The van der Waals surface area contributed by atoms with Gasteiger partial charge < -0.3 is 9.88 Å². The first-order valence-corrected chi connectivity index (χ1v) is 12.9. The van der Waals surface area contributed by atoms with Gasteiger partial charge in [-0.2, -0.15) is 13.2 Å². The third-order valence-corrected chi connectivity index (χ3v) is 10.5. The normalized spacial score (nSPS) is 39.0. The second-order valence-corrected chi connectivity index (χ2v) is 11.9. The fraction of sp³-hybridized carbons (Fsp3) is 0.667. The zero-order chi connectivity index (χ0) is 24.8. The SMILES string of the molecule is CN1C(=O)C=C[C@@]2(C)C1CC[C@@H]1[C@H]2CC[C@]2(C)C(Cc3nc4ncc(C(F)(F)F)cc4[nH]3)CC[C@@H]12. The quantitative estimate of drug-likeness (QED) is 0.586. The first-order valence-electron chi connectivity index (χ1n) is 12.9. The summed E-state index contributed by atoms with van der Waals surface area (Å²) >= 11 is 0. The monoisotopic (exact) mass is 486 g/mol. The predicted molar refractivity (Wildman–Crippen MR) is 126 cm³/mol. The zero-order valence-electron chi connectivity index (χ0n) is 20.5. The lowest BCUT2D eigenvalue weighted by molar-refractivity contribution is -0.139. The molecule has 35 heavy (non-hydrogen) atoms. The van der Waals surface area contributed by atoms with Crippen molar-refractivity contribution in [3.8, 4) is 0 Å². The third kappa shape index (κ3) is 3.38. The summed E-state index contributed by atoms with van der Waals surface area (Å²) in [4.78, 5) is 25.9. The van der Waals surface area contributed by atoms with Crippen LogP contribution in [0.25, 0.3) is 11.2 Å². The van der Waals surface area contributed by atoms with Crippen LogP contribution in [0, 0.1) is 34.5 Å². The number of fused-ring (bicyclic) bond motifs is 6. The number of aromatic amines is 1. The fourth-order valence-electron chi connectivity index (χ4n) is 8.62. The first kappa shape index (κ1) is 23.0. The van der Waals surface area contributed by atoms with Crippen molar-refractivity contribution in [1.29, 1.82) is 0 Å². The van der Waals surface area contributed by atoms with Crippen LogP contribution < -0.4 is 0 Å². The highest BCUT2D eigenvalue weighted by molar-refractivity contribution is 5.89. The molecule has 2 unspecified atom stereocenters. The minimum Gasteiger partial charge on any atom is -0.341 e. The summed E-state index contributed by atoms with van der Waals surface area (Å²) in [6.45, 7) is 4.80. The van der Waals surface area contributed by atoms with Crippen LogP contribution in [0.5, 0.6) is 0 Å². The highest BCUT2D eigenvalue weighted by Gasteiger charge is 2.60. The number of imidazole rings is 1. The molecule has 0 bridgehead atoms. The lowest BCUT2D eigenvalue weighted by Crippen LogP contribution is -2.59. The van der Waals surface area contributed by atoms with Gasteiger partial charge in [-0.25, -0.2) is 9.97 Å². The number of rotatable bonds is 2. The van der Waals surface area contributed by atoms with Crippen LogP contribution in [0.4, 0.5) is 13.2 Å². The van der Waals surface area contributed by atoms with E-state index in [0.717, 1.165) is 56.6 Å². The van der Waals surface area contributed by atoms with E-state index in [1.165, 1.54) is 6.42 Å². The van der Waals surface area contributed by atoms with Gasteiger partial charge >= 0.3 is 6.18 Å². The molecule has 8 heteroatoms. The van der Waals surface area contributed by atoms with Crippen LogP contribution >= 0.6 is 0 Å². The van der Waals surface area contributed by atoms with Gasteiger partial charge in [0.25, 0.3) is 0 Å². The lowest BCUT2D eigenvalue weighted by atomic mass is 9.47. The molecule has 4 aliphatic rings. The molecule has 3 fully saturated rings. The van der Waals surface area contributed by atoms with E-state index in [1.54, 1.807) is 6.08 Å². The summed E-state index contributed by atoms with van der Waals surface area (Å²) in [5.74, 6) is 3.19. The molecule has 3 heterocycles. The molecule has 0 radical (unpaired) electrons. The maximum atomic E-state index is 13.1. The van der Waals surface area contributed by atoms with Gasteiger partial charge in [-0.3, -0.25) is 4.79 Å². The molecule has 6 rings (SSSR count). The molecule has 5 nitrogen and oxygen atoms in total. The van der Waals surface area contributed by atoms with Crippen LogP contribution in [-0.2, 0) is 17.4 Å². The molecule has 1 N–H and O–H groups in total. The number of hydrogen-bond acceptors (Lipinski definition) is 3. The van der Waals surface area contributed by atoms with Crippen molar-refractivity contribution in [1.82, 2.24) is 19.9 Å². The summed E-state index contributed by atoms with van der Waals surface area (Å²) < 4.78 is 39.3. The third-order valence-electron chi connectivity index (χ3n) is 10.5. The molecule has 2 aromatic heterocycles. The Morgan fingerprint density at radius 2 is 1.94 bits per heavy atom. The predicted octanol–water partition coefficient (Wildman–Crippen LogP) is 5.77. The Morgan fingerprint density at radius 1 is 1.14 bits per heavy atom. The average molecular weight is 487 g/mol. The number of H-pyrrole nitrogens is 1. The molecule has 2 aromatic rings. The van der Waals surface area contributed by atoms with Gasteiger partial charge in [0, 0.05) is 31.1 Å². The van der Waals surface area contributed by atoms with Gasteiger partial charge in [0.05, 0.1) is 11.1 Å². The largest absolute Gasteiger partial charge is 0.417 e. The molecule has 188 valence electrons. The maximum absolute atomic E-state index is 13.1. The maximum Gasteiger partial charge on any atom is 0.417 e. The second kappa shape index (κ2) is 7.56. The Labute approximate surface area is 203 Å². The number of halogens is 3. The fourth-order valence-corrected chi connectivity index (χ4v) is 8.62. The van der Waals surface area contributed by atoms with Crippen LogP contribution in [0.2, 0.25) is 0 Å². The number of likely N-dealkylation sites (N-methyl/N-ethyl adjacent to an activating group) is 1. The molecule has 1 aliphatic heterocycles. The Hall–Kier alpha value is -2.38.